The molecule has 1 atom stereocenters. The van der Waals surface area contributed by atoms with E-state index in [1.165, 1.54) is 0 Å². The van der Waals surface area contributed by atoms with Gasteiger partial charge in [-0.1, -0.05) is 0 Å². The van der Waals surface area contributed by atoms with E-state index in [9.17, 15) is 4.79 Å². The zero-order valence-corrected chi connectivity index (χ0v) is 11.3. The molecule has 1 saturated heterocycles. The number of piperidine rings is 1. The highest BCUT2D eigenvalue weighted by molar-refractivity contribution is 5.75. The largest absolute Gasteiger partial charge is 0.480 e. The van der Waals surface area contributed by atoms with Crippen LogP contribution in [0.4, 0.5) is 5.95 Å². The Morgan fingerprint density at radius 1 is 1.42 bits per heavy atom. The molecule has 1 aliphatic heterocycles. The molecule has 1 aromatic heterocycles. The highest BCUT2D eigenvalue weighted by atomic mass is 16.4. The van der Waals surface area contributed by atoms with Crippen molar-refractivity contribution in [2.75, 3.05) is 25.5 Å². The van der Waals surface area contributed by atoms with Crippen molar-refractivity contribution in [3.8, 4) is 0 Å². The fourth-order valence-corrected chi connectivity index (χ4v) is 2.22. The molecule has 0 bridgehead atoms. The van der Waals surface area contributed by atoms with Crippen LogP contribution in [0.5, 0.6) is 0 Å². The van der Waals surface area contributed by atoms with E-state index < -0.39 is 12.0 Å². The first-order valence-electron chi connectivity index (χ1n) is 6.56. The number of carbonyl (C=O) groups is 1. The minimum atomic E-state index is -0.914. The van der Waals surface area contributed by atoms with Gasteiger partial charge in [-0.2, -0.15) is 0 Å². The summed E-state index contributed by atoms with van der Waals surface area (Å²) in [7, 11) is 2.13. The second kappa shape index (κ2) is 5.97. The van der Waals surface area contributed by atoms with E-state index in [0.717, 1.165) is 31.5 Å². The average Bonchev–Trinajstić information content (AvgIpc) is 2.40. The van der Waals surface area contributed by atoms with Crippen LogP contribution in [-0.2, 0) is 4.79 Å². The van der Waals surface area contributed by atoms with Gasteiger partial charge < -0.3 is 15.3 Å². The van der Waals surface area contributed by atoms with Crippen molar-refractivity contribution < 1.29 is 9.90 Å². The van der Waals surface area contributed by atoms with Crippen molar-refractivity contribution >= 4 is 11.9 Å². The van der Waals surface area contributed by atoms with E-state index >= 15 is 0 Å². The third-order valence-corrected chi connectivity index (χ3v) is 3.58. The highest BCUT2D eigenvalue weighted by Gasteiger charge is 2.19. The summed E-state index contributed by atoms with van der Waals surface area (Å²) in [6.45, 7) is 3.76. The van der Waals surface area contributed by atoms with Crippen LogP contribution >= 0.6 is 0 Å². The summed E-state index contributed by atoms with van der Waals surface area (Å²) in [6, 6.07) is -0.686. The molecule has 1 aliphatic rings. The lowest BCUT2D eigenvalue weighted by atomic mass is 9.92. The molecule has 2 heterocycles. The topological polar surface area (TPSA) is 78.4 Å². The van der Waals surface area contributed by atoms with E-state index in [1.54, 1.807) is 19.3 Å². The number of carboxylic acids is 1. The number of nitrogens with zero attached hydrogens (tertiary/aromatic N) is 3. The van der Waals surface area contributed by atoms with Crippen molar-refractivity contribution in [2.24, 2.45) is 0 Å². The van der Waals surface area contributed by atoms with Gasteiger partial charge in [0.2, 0.25) is 5.95 Å². The third-order valence-electron chi connectivity index (χ3n) is 3.58. The first-order valence-corrected chi connectivity index (χ1v) is 6.56. The quantitative estimate of drug-likeness (QED) is 0.850. The number of anilines is 1. The van der Waals surface area contributed by atoms with Crippen LogP contribution in [0, 0.1) is 0 Å². The Labute approximate surface area is 112 Å². The Bertz CT molecular complexity index is 427. The fourth-order valence-electron chi connectivity index (χ4n) is 2.22. The lowest BCUT2D eigenvalue weighted by Crippen LogP contribution is -2.29. The van der Waals surface area contributed by atoms with Gasteiger partial charge >= 0.3 is 5.97 Å². The Hall–Kier alpha value is -1.69. The van der Waals surface area contributed by atoms with Gasteiger partial charge in [0.15, 0.2) is 0 Å². The van der Waals surface area contributed by atoms with Gasteiger partial charge in [-0.05, 0) is 51.4 Å². The van der Waals surface area contributed by atoms with Crippen molar-refractivity contribution in [2.45, 2.75) is 31.7 Å². The molecule has 0 saturated carbocycles. The molecule has 0 spiro atoms. The summed E-state index contributed by atoms with van der Waals surface area (Å²) in [6.07, 6.45) is 5.86. The average molecular weight is 264 g/mol. The fraction of sp³-hybridized carbons (Fsp3) is 0.615. The predicted molar refractivity (Wildman–Crippen MR) is 72.2 cm³/mol. The molecule has 6 heteroatoms. The van der Waals surface area contributed by atoms with Crippen LogP contribution in [0.1, 0.15) is 31.2 Å². The first kappa shape index (κ1) is 13.7. The van der Waals surface area contributed by atoms with Crippen LogP contribution in [-0.4, -0.2) is 52.1 Å². The maximum absolute atomic E-state index is 10.7. The Morgan fingerprint density at radius 3 is 2.53 bits per heavy atom. The number of aromatic nitrogens is 2. The molecule has 1 aromatic rings. The maximum atomic E-state index is 10.7. The van der Waals surface area contributed by atoms with Gasteiger partial charge in [0, 0.05) is 12.4 Å². The Morgan fingerprint density at radius 2 is 2.00 bits per heavy atom. The van der Waals surface area contributed by atoms with Crippen LogP contribution in [0.2, 0.25) is 0 Å². The summed E-state index contributed by atoms with van der Waals surface area (Å²) >= 11 is 0. The SMILES string of the molecule is CC(Nc1ncc(C2CCN(C)CC2)cn1)C(=O)O. The minimum absolute atomic E-state index is 0.367. The first-order chi connectivity index (χ1) is 9.06. The number of aliphatic carboxylic acids is 1. The second-order valence-electron chi connectivity index (χ2n) is 5.12. The van der Waals surface area contributed by atoms with E-state index in [2.05, 4.69) is 27.2 Å². The van der Waals surface area contributed by atoms with Crippen LogP contribution in [0.3, 0.4) is 0 Å². The summed E-state index contributed by atoms with van der Waals surface area (Å²) in [5.41, 5.74) is 1.14. The molecular weight excluding hydrogens is 244 g/mol. The Balaban J connectivity index is 1.96. The number of nitrogens with one attached hydrogen (secondary N) is 1. The van der Waals surface area contributed by atoms with Gasteiger partial charge in [-0.15, -0.1) is 0 Å². The van der Waals surface area contributed by atoms with E-state index in [4.69, 9.17) is 5.11 Å². The number of rotatable bonds is 4. The standard InChI is InChI=1S/C13H20N4O2/c1-9(12(18)19)16-13-14-7-11(8-15-13)10-3-5-17(2)6-4-10/h7-10H,3-6H2,1-2H3,(H,18,19)(H,14,15,16). The van der Waals surface area contributed by atoms with Gasteiger partial charge in [0.1, 0.15) is 6.04 Å². The maximum Gasteiger partial charge on any atom is 0.325 e. The second-order valence-corrected chi connectivity index (χ2v) is 5.12. The van der Waals surface area contributed by atoms with E-state index in [-0.39, 0.29) is 0 Å². The molecule has 0 radical (unpaired) electrons. The van der Waals surface area contributed by atoms with Gasteiger partial charge in [-0.25, -0.2) is 9.97 Å². The minimum Gasteiger partial charge on any atom is -0.480 e. The molecule has 0 aromatic carbocycles. The van der Waals surface area contributed by atoms with E-state index in [1.807, 2.05) is 0 Å². The molecule has 2 N–H and O–H groups in total. The number of likely N-dealkylation sites (tertiary alicyclic amines) is 1. The number of hydrogen-bond acceptors (Lipinski definition) is 5. The van der Waals surface area contributed by atoms with Crippen molar-refractivity contribution in [1.29, 1.82) is 0 Å². The summed E-state index contributed by atoms with van der Waals surface area (Å²) < 4.78 is 0. The summed E-state index contributed by atoms with van der Waals surface area (Å²) in [4.78, 5) is 21.4. The van der Waals surface area contributed by atoms with Crippen LogP contribution in [0.15, 0.2) is 12.4 Å². The monoisotopic (exact) mass is 264 g/mol. The van der Waals surface area contributed by atoms with Crippen molar-refractivity contribution in [3.05, 3.63) is 18.0 Å². The lowest BCUT2D eigenvalue weighted by Gasteiger charge is -2.28. The highest BCUT2D eigenvalue weighted by Crippen LogP contribution is 2.26. The summed E-state index contributed by atoms with van der Waals surface area (Å²) in [5.74, 6) is -0.0308. The molecule has 2 rings (SSSR count). The molecule has 0 aliphatic carbocycles. The zero-order valence-electron chi connectivity index (χ0n) is 11.3. The summed E-state index contributed by atoms with van der Waals surface area (Å²) in [5, 5.41) is 11.6. The zero-order chi connectivity index (χ0) is 13.8. The van der Waals surface area contributed by atoms with Gasteiger partial charge in [-0.3, -0.25) is 4.79 Å². The van der Waals surface area contributed by atoms with Crippen molar-refractivity contribution in [1.82, 2.24) is 14.9 Å². The van der Waals surface area contributed by atoms with Crippen molar-refractivity contribution in [3.63, 3.8) is 0 Å². The van der Waals surface area contributed by atoms with E-state index in [0.29, 0.717) is 11.9 Å². The van der Waals surface area contributed by atoms with Gasteiger partial charge in [0.05, 0.1) is 0 Å². The number of carboxylic acid groups (broad SMARTS) is 1. The molecular formula is C13H20N4O2. The van der Waals surface area contributed by atoms with Crippen LogP contribution in [0.25, 0.3) is 0 Å². The van der Waals surface area contributed by atoms with Gasteiger partial charge in [0.25, 0.3) is 0 Å². The van der Waals surface area contributed by atoms with Crippen LogP contribution < -0.4 is 5.32 Å². The number of hydrogen-bond donors (Lipinski definition) is 2. The smallest absolute Gasteiger partial charge is 0.325 e. The molecule has 0 amide bonds. The molecule has 104 valence electrons. The third kappa shape index (κ3) is 3.64. The normalized spacial score (nSPS) is 19.1. The molecule has 19 heavy (non-hydrogen) atoms. The molecule has 6 nitrogen and oxygen atoms in total. The predicted octanol–water partition coefficient (Wildman–Crippen LogP) is 1.17. The lowest BCUT2D eigenvalue weighted by molar-refractivity contribution is -0.137. The molecule has 1 unspecified atom stereocenters. The Kier molecular flexibility index (Phi) is 4.31. The molecule has 1 fully saturated rings.